The molecule has 1 aromatic carbocycles. The molecule has 1 atom stereocenters. The summed E-state index contributed by atoms with van der Waals surface area (Å²) in [7, 11) is 0. The van der Waals surface area contributed by atoms with Gasteiger partial charge in [0.25, 0.3) is 0 Å². The summed E-state index contributed by atoms with van der Waals surface area (Å²) in [6.07, 6.45) is 4.51. The van der Waals surface area contributed by atoms with E-state index >= 15 is 0 Å². The van der Waals surface area contributed by atoms with Crippen LogP contribution in [0, 0.1) is 5.82 Å². The Morgan fingerprint density at radius 1 is 1.35 bits per heavy atom. The summed E-state index contributed by atoms with van der Waals surface area (Å²) in [4.78, 5) is 0. The van der Waals surface area contributed by atoms with Crippen molar-refractivity contribution in [2.45, 2.75) is 38.6 Å². The Hall–Kier alpha value is -0.800. The first-order valence-electron chi connectivity index (χ1n) is 6.08. The SMILES string of the molecule is CCCCCC(CN)Nc1cc(F)cc(Cl)c1. The van der Waals surface area contributed by atoms with Gasteiger partial charge in [-0.3, -0.25) is 0 Å². The van der Waals surface area contributed by atoms with E-state index in [4.69, 9.17) is 17.3 Å². The maximum Gasteiger partial charge on any atom is 0.126 e. The number of unbranched alkanes of at least 4 members (excludes halogenated alkanes) is 2. The van der Waals surface area contributed by atoms with Crippen molar-refractivity contribution in [1.82, 2.24) is 0 Å². The Kier molecular flexibility index (Phi) is 6.30. The smallest absolute Gasteiger partial charge is 0.126 e. The average Bonchev–Trinajstić information content (AvgIpc) is 2.26. The van der Waals surface area contributed by atoms with Crippen LogP contribution in [0.4, 0.5) is 10.1 Å². The highest BCUT2D eigenvalue weighted by atomic mass is 35.5. The van der Waals surface area contributed by atoms with Crippen LogP contribution in [0.1, 0.15) is 32.6 Å². The Labute approximate surface area is 107 Å². The van der Waals surface area contributed by atoms with E-state index in [1.807, 2.05) is 0 Å². The van der Waals surface area contributed by atoms with Crippen LogP contribution in [0.15, 0.2) is 18.2 Å². The quantitative estimate of drug-likeness (QED) is 0.730. The van der Waals surface area contributed by atoms with Crippen molar-refractivity contribution in [2.75, 3.05) is 11.9 Å². The zero-order chi connectivity index (χ0) is 12.7. The van der Waals surface area contributed by atoms with Gasteiger partial charge < -0.3 is 11.1 Å². The van der Waals surface area contributed by atoms with Gasteiger partial charge in [-0.05, 0) is 24.6 Å². The Morgan fingerprint density at radius 3 is 2.71 bits per heavy atom. The number of hydrogen-bond acceptors (Lipinski definition) is 2. The lowest BCUT2D eigenvalue weighted by molar-refractivity contribution is 0.590. The Balaban J connectivity index is 2.54. The van der Waals surface area contributed by atoms with Crippen LogP contribution in [-0.2, 0) is 0 Å². The summed E-state index contributed by atoms with van der Waals surface area (Å²) in [6.45, 7) is 2.70. The number of nitrogens with one attached hydrogen (secondary N) is 1. The van der Waals surface area contributed by atoms with E-state index in [1.165, 1.54) is 25.0 Å². The molecule has 0 saturated heterocycles. The van der Waals surface area contributed by atoms with Crippen molar-refractivity contribution >= 4 is 17.3 Å². The van der Waals surface area contributed by atoms with E-state index in [-0.39, 0.29) is 11.9 Å². The predicted octanol–water partition coefficient (Wildman–Crippen LogP) is 3.80. The first-order chi connectivity index (χ1) is 8.15. The topological polar surface area (TPSA) is 38.0 Å². The van der Waals surface area contributed by atoms with Crippen LogP contribution in [0.25, 0.3) is 0 Å². The van der Waals surface area contributed by atoms with Gasteiger partial charge in [0.1, 0.15) is 5.82 Å². The first kappa shape index (κ1) is 14.3. The molecule has 1 unspecified atom stereocenters. The molecule has 0 aliphatic rings. The van der Waals surface area contributed by atoms with E-state index in [9.17, 15) is 4.39 Å². The highest BCUT2D eigenvalue weighted by Crippen LogP contribution is 2.19. The molecule has 1 rings (SSSR count). The number of hydrogen-bond donors (Lipinski definition) is 2. The van der Waals surface area contributed by atoms with Crippen molar-refractivity contribution < 1.29 is 4.39 Å². The molecule has 0 saturated carbocycles. The fraction of sp³-hybridized carbons (Fsp3) is 0.538. The summed E-state index contributed by atoms with van der Waals surface area (Å²) in [6, 6.07) is 4.63. The van der Waals surface area contributed by atoms with Gasteiger partial charge in [-0.2, -0.15) is 0 Å². The van der Waals surface area contributed by atoms with Gasteiger partial charge in [0.15, 0.2) is 0 Å². The molecule has 0 bridgehead atoms. The normalized spacial score (nSPS) is 12.5. The van der Waals surface area contributed by atoms with Gasteiger partial charge in [0.05, 0.1) is 0 Å². The minimum Gasteiger partial charge on any atom is -0.381 e. The Morgan fingerprint density at radius 2 is 2.12 bits per heavy atom. The molecule has 4 heteroatoms. The van der Waals surface area contributed by atoms with E-state index in [2.05, 4.69) is 12.2 Å². The lowest BCUT2D eigenvalue weighted by atomic mass is 10.1. The highest BCUT2D eigenvalue weighted by molar-refractivity contribution is 6.30. The predicted molar refractivity (Wildman–Crippen MR) is 72.0 cm³/mol. The molecule has 2 nitrogen and oxygen atoms in total. The van der Waals surface area contributed by atoms with Gasteiger partial charge in [0.2, 0.25) is 0 Å². The Bertz CT molecular complexity index is 324. The standard InChI is InChI=1S/C13H20ClFN2/c1-2-3-4-5-12(9-16)17-13-7-10(14)6-11(15)8-13/h6-8,12,17H,2-5,9,16H2,1H3. The monoisotopic (exact) mass is 258 g/mol. The molecule has 0 amide bonds. The number of rotatable bonds is 7. The number of nitrogens with two attached hydrogens (primary N) is 1. The van der Waals surface area contributed by atoms with Gasteiger partial charge in [0, 0.05) is 23.3 Å². The molecule has 1 aromatic rings. The molecular weight excluding hydrogens is 239 g/mol. The average molecular weight is 259 g/mol. The van der Waals surface area contributed by atoms with Crippen LogP contribution < -0.4 is 11.1 Å². The summed E-state index contributed by atoms with van der Waals surface area (Å²) < 4.78 is 13.1. The van der Waals surface area contributed by atoms with Gasteiger partial charge in [-0.25, -0.2) is 4.39 Å². The number of halogens is 2. The molecule has 3 N–H and O–H groups in total. The molecule has 0 aliphatic heterocycles. The zero-order valence-electron chi connectivity index (χ0n) is 10.2. The lowest BCUT2D eigenvalue weighted by Gasteiger charge is -2.18. The largest absolute Gasteiger partial charge is 0.381 e. The van der Waals surface area contributed by atoms with Crippen molar-refractivity contribution in [3.63, 3.8) is 0 Å². The molecule has 0 aliphatic carbocycles. The molecule has 17 heavy (non-hydrogen) atoms. The van der Waals surface area contributed by atoms with Crippen LogP contribution in [0.3, 0.4) is 0 Å². The molecular formula is C13H20ClFN2. The fourth-order valence-electron chi connectivity index (χ4n) is 1.76. The number of anilines is 1. The van der Waals surface area contributed by atoms with Crippen molar-refractivity contribution in [1.29, 1.82) is 0 Å². The molecule has 0 spiro atoms. The molecule has 0 fully saturated rings. The van der Waals surface area contributed by atoms with Crippen LogP contribution in [0.5, 0.6) is 0 Å². The van der Waals surface area contributed by atoms with Crippen LogP contribution >= 0.6 is 11.6 Å². The van der Waals surface area contributed by atoms with E-state index in [0.29, 0.717) is 17.3 Å². The van der Waals surface area contributed by atoms with Gasteiger partial charge in [-0.15, -0.1) is 0 Å². The van der Waals surface area contributed by atoms with Crippen molar-refractivity contribution in [3.05, 3.63) is 29.0 Å². The summed E-state index contributed by atoms with van der Waals surface area (Å²) in [5.74, 6) is -0.329. The third-order valence-electron chi connectivity index (χ3n) is 2.67. The fourth-order valence-corrected chi connectivity index (χ4v) is 1.98. The minimum absolute atomic E-state index is 0.180. The van der Waals surface area contributed by atoms with E-state index in [0.717, 1.165) is 12.8 Å². The second kappa shape index (κ2) is 7.51. The van der Waals surface area contributed by atoms with Crippen LogP contribution in [0.2, 0.25) is 5.02 Å². The van der Waals surface area contributed by atoms with E-state index < -0.39 is 0 Å². The van der Waals surface area contributed by atoms with Crippen molar-refractivity contribution in [2.24, 2.45) is 5.73 Å². The molecule has 0 heterocycles. The van der Waals surface area contributed by atoms with Gasteiger partial charge in [-0.1, -0.05) is 37.8 Å². The summed E-state index contributed by atoms with van der Waals surface area (Å²) in [5, 5.41) is 3.62. The molecule has 0 radical (unpaired) electrons. The van der Waals surface area contributed by atoms with E-state index in [1.54, 1.807) is 6.07 Å². The number of benzene rings is 1. The second-order valence-electron chi connectivity index (χ2n) is 4.23. The zero-order valence-corrected chi connectivity index (χ0v) is 10.9. The van der Waals surface area contributed by atoms with Gasteiger partial charge >= 0.3 is 0 Å². The molecule has 96 valence electrons. The third-order valence-corrected chi connectivity index (χ3v) is 2.89. The molecule has 0 aromatic heterocycles. The maximum atomic E-state index is 13.1. The second-order valence-corrected chi connectivity index (χ2v) is 4.67. The highest BCUT2D eigenvalue weighted by Gasteiger charge is 2.07. The minimum atomic E-state index is -0.329. The first-order valence-corrected chi connectivity index (χ1v) is 6.46. The summed E-state index contributed by atoms with van der Waals surface area (Å²) in [5.41, 5.74) is 6.39. The maximum absolute atomic E-state index is 13.1. The third kappa shape index (κ3) is 5.37. The lowest BCUT2D eigenvalue weighted by Crippen LogP contribution is -2.28. The van der Waals surface area contributed by atoms with Crippen LogP contribution in [-0.4, -0.2) is 12.6 Å². The van der Waals surface area contributed by atoms with Crippen molar-refractivity contribution in [3.8, 4) is 0 Å². The summed E-state index contributed by atoms with van der Waals surface area (Å²) >= 11 is 5.79.